The lowest BCUT2D eigenvalue weighted by Crippen LogP contribution is -2.45. The van der Waals surface area contributed by atoms with E-state index in [1.165, 1.54) is 238 Å². The van der Waals surface area contributed by atoms with Crippen LogP contribution in [0.1, 0.15) is 322 Å². The molecule has 380 valence electrons. The third-order valence-electron chi connectivity index (χ3n) is 13.6. The minimum absolute atomic E-state index is 0.00147. The van der Waals surface area contributed by atoms with Crippen molar-refractivity contribution in [1.29, 1.82) is 0 Å². The fourth-order valence-corrected chi connectivity index (χ4v) is 9.11. The highest BCUT2D eigenvalue weighted by Crippen LogP contribution is 2.17. The Bertz CT molecular complexity index is 955. The number of esters is 1. The lowest BCUT2D eigenvalue weighted by Gasteiger charge is -2.22. The Balaban J connectivity index is 3.46. The molecule has 0 fully saturated rings. The molecule has 0 aromatic rings. The van der Waals surface area contributed by atoms with Crippen molar-refractivity contribution >= 4 is 11.9 Å². The first-order valence-electron chi connectivity index (χ1n) is 28.9. The van der Waals surface area contributed by atoms with E-state index in [1.807, 2.05) is 0 Å². The lowest BCUT2D eigenvalue weighted by molar-refractivity contribution is -0.143. The van der Waals surface area contributed by atoms with E-state index in [4.69, 9.17) is 4.74 Å². The molecule has 2 unspecified atom stereocenters. The first kappa shape index (κ1) is 62.6. The van der Waals surface area contributed by atoms with Crippen molar-refractivity contribution in [3.8, 4) is 0 Å². The van der Waals surface area contributed by atoms with Crippen molar-refractivity contribution in [2.45, 2.75) is 334 Å². The van der Waals surface area contributed by atoms with Crippen LogP contribution in [-0.4, -0.2) is 47.4 Å². The van der Waals surface area contributed by atoms with Crippen molar-refractivity contribution in [1.82, 2.24) is 5.32 Å². The molecule has 0 aliphatic carbocycles. The van der Waals surface area contributed by atoms with Gasteiger partial charge in [-0.15, -0.1) is 0 Å². The minimum atomic E-state index is -0.672. The Morgan fingerprint density at radius 3 is 1.11 bits per heavy atom. The van der Waals surface area contributed by atoms with Crippen molar-refractivity contribution in [2.75, 3.05) is 13.2 Å². The molecule has 0 spiro atoms. The molecule has 6 heteroatoms. The van der Waals surface area contributed by atoms with Crippen LogP contribution in [0.3, 0.4) is 0 Å². The molecule has 0 saturated heterocycles. The Hall–Kier alpha value is -1.40. The summed E-state index contributed by atoms with van der Waals surface area (Å²) in [4.78, 5) is 24.5. The highest BCUT2D eigenvalue weighted by Gasteiger charge is 2.20. The summed E-state index contributed by atoms with van der Waals surface area (Å²) in [5.41, 5.74) is 0. The normalized spacial score (nSPS) is 12.6. The molecule has 0 aromatic carbocycles. The van der Waals surface area contributed by atoms with Gasteiger partial charge in [-0.25, -0.2) is 0 Å². The summed E-state index contributed by atoms with van der Waals surface area (Å²) in [5.74, 6) is -0.0455. The van der Waals surface area contributed by atoms with Gasteiger partial charge in [-0.3, -0.25) is 9.59 Å². The summed E-state index contributed by atoms with van der Waals surface area (Å²) in [7, 11) is 0. The quantitative estimate of drug-likeness (QED) is 0.0321. The second-order valence-electron chi connectivity index (χ2n) is 20.0. The number of nitrogens with one attached hydrogen (secondary N) is 1. The molecular weight excluding hydrogens is 791 g/mol. The van der Waals surface area contributed by atoms with Gasteiger partial charge in [-0.05, 0) is 51.4 Å². The third kappa shape index (κ3) is 50.0. The van der Waals surface area contributed by atoms with Crippen LogP contribution in [0.5, 0.6) is 0 Å². The van der Waals surface area contributed by atoms with E-state index >= 15 is 0 Å². The lowest BCUT2D eigenvalue weighted by atomic mass is 10.0. The van der Waals surface area contributed by atoms with Gasteiger partial charge in [0.05, 0.1) is 25.4 Å². The Kier molecular flexibility index (Phi) is 53.0. The number of hydrogen-bond donors (Lipinski definition) is 3. The van der Waals surface area contributed by atoms with Crippen molar-refractivity contribution in [3.63, 3.8) is 0 Å². The average molecular weight is 905 g/mol. The molecule has 1 amide bonds. The zero-order valence-corrected chi connectivity index (χ0v) is 43.3. The molecule has 0 aliphatic heterocycles. The molecule has 0 radical (unpaired) electrons. The van der Waals surface area contributed by atoms with E-state index < -0.39 is 12.1 Å². The topological polar surface area (TPSA) is 95.9 Å². The van der Waals surface area contributed by atoms with Gasteiger partial charge in [-0.1, -0.05) is 270 Å². The number of unbranched alkanes of at least 4 members (excludes halogenated alkanes) is 41. The Morgan fingerprint density at radius 2 is 0.734 bits per heavy atom. The van der Waals surface area contributed by atoms with Crippen LogP contribution >= 0.6 is 0 Å². The van der Waals surface area contributed by atoms with Crippen molar-refractivity contribution < 1.29 is 24.5 Å². The number of carbonyl (C=O) groups excluding carboxylic acids is 2. The summed E-state index contributed by atoms with van der Waals surface area (Å²) >= 11 is 0. The van der Waals surface area contributed by atoms with Crippen LogP contribution in [0.25, 0.3) is 0 Å². The van der Waals surface area contributed by atoms with Crippen LogP contribution < -0.4 is 5.32 Å². The van der Waals surface area contributed by atoms with Gasteiger partial charge in [-0.2, -0.15) is 0 Å². The van der Waals surface area contributed by atoms with E-state index in [0.29, 0.717) is 25.9 Å². The SMILES string of the molecule is CCCCCCCCCCCCCCCCCCCCCC(O)C(CO)NC(=O)CCCCCCCCC/C=C\CCCCCCCCOC(=O)CCCCCCCCCCCCC. The number of amides is 1. The van der Waals surface area contributed by atoms with Gasteiger partial charge >= 0.3 is 5.97 Å². The van der Waals surface area contributed by atoms with Gasteiger partial charge in [0.1, 0.15) is 0 Å². The van der Waals surface area contributed by atoms with Gasteiger partial charge in [0.15, 0.2) is 0 Å². The van der Waals surface area contributed by atoms with Gasteiger partial charge in [0.25, 0.3) is 0 Å². The molecule has 0 aromatic heterocycles. The molecule has 0 rings (SSSR count). The molecule has 0 aliphatic rings. The number of ether oxygens (including phenoxy) is 1. The first-order valence-corrected chi connectivity index (χ1v) is 28.9. The molecule has 64 heavy (non-hydrogen) atoms. The number of aliphatic hydroxyl groups is 2. The number of hydrogen-bond acceptors (Lipinski definition) is 5. The van der Waals surface area contributed by atoms with Crippen LogP contribution in [0.4, 0.5) is 0 Å². The molecule has 2 atom stereocenters. The summed E-state index contributed by atoms with van der Waals surface area (Å²) in [6.07, 6.45) is 63.4. The molecular formula is C58H113NO5. The maximum atomic E-state index is 12.5. The molecule has 0 heterocycles. The molecule has 0 saturated carbocycles. The molecule has 3 N–H and O–H groups in total. The predicted molar refractivity (Wildman–Crippen MR) is 278 cm³/mol. The smallest absolute Gasteiger partial charge is 0.305 e. The van der Waals surface area contributed by atoms with Crippen LogP contribution in [0.15, 0.2) is 12.2 Å². The maximum absolute atomic E-state index is 12.5. The number of aliphatic hydroxyl groups excluding tert-OH is 2. The largest absolute Gasteiger partial charge is 0.466 e. The van der Waals surface area contributed by atoms with Crippen LogP contribution in [0, 0.1) is 0 Å². The van der Waals surface area contributed by atoms with E-state index in [0.717, 1.165) is 51.4 Å². The summed E-state index contributed by atoms with van der Waals surface area (Å²) in [5, 5.41) is 23.3. The fourth-order valence-electron chi connectivity index (χ4n) is 9.11. The highest BCUT2D eigenvalue weighted by atomic mass is 16.5. The van der Waals surface area contributed by atoms with E-state index in [2.05, 4.69) is 31.3 Å². The highest BCUT2D eigenvalue weighted by molar-refractivity contribution is 5.76. The monoisotopic (exact) mass is 904 g/mol. The molecule has 6 nitrogen and oxygen atoms in total. The number of carbonyl (C=O) groups is 2. The van der Waals surface area contributed by atoms with Gasteiger partial charge in [0.2, 0.25) is 5.91 Å². The maximum Gasteiger partial charge on any atom is 0.305 e. The van der Waals surface area contributed by atoms with E-state index in [9.17, 15) is 19.8 Å². The minimum Gasteiger partial charge on any atom is -0.466 e. The zero-order chi connectivity index (χ0) is 46.5. The zero-order valence-electron chi connectivity index (χ0n) is 43.3. The van der Waals surface area contributed by atoms with Gasteiger partial charge < -0.3 is 20.3 Å². The number of allylic oxidation sites excluding steroid dienone is 2. The Labute approximate surface area is 399 Å². The standard InChI is InChI=1S/C58H113NO5/c1-3-5-7-9-11-13-15-16-17-18-19-21-24-27-31-34-38-42-46-50-56(61)55(54-60)59-57(62)51-47-43-39-35-32-28-25-22-20-23-26-29-33-37-41-45-49-53-64-58(63)52-48-44-40-36-30-14-12-10-8-6-4-2/h20,23,55-56,60-61H,3-19,21-22,24-54H2,1-2H3,(H,59,62)/b23-20-. The first-order chi connectivity index (χ1) is 31.5. The number of rotatable bonds is 54. The second kappa shape index (κ2) is 54.2. The Morgan fingerprint density at radius 1 is 0.422 bits per heavy atom. The van der Waals surface area contributed by atoms with E-state index in [-0.39, 0.29) is 18.5 Å². The third-order valence-corrected chi connectivity index (χ3v) is 13.6. The summed E-state index contributed by atoms with van der Waals surface area (Å²) in [6.45, 7) is 4.95. The predicted octanol–water partition coefficient (Wildman–Crippen LogP) is 17.7. The molecule has 0 bridgehead atoms. The fraction of sp³-hybridized carbons (Fsp3) is 0.931. The van der Waals surface area contributed by atoms with E-state index in [1.54, 1.807) is 0 Å². The summed E-state index contributed by atoms with van der Waals surface area (Å²) < 4.78 is 5.45. The van der Waals surface area contributed by atoms with Crippen molar-refractivity contribution in [3.05, 3.63) is 12.2 Å². The van der Waals surface area contributed by atoms with Crippen LogP contribution in [-0.2, 0) is 14.3 Å². The summed E-state index contributed by atoms with van der Waals surface area (Å²) in [6, 6.07) is -0.550. The van der Waals surface area contributed by atoms with Crippen LogP contribution in [0.2, 0.25) is 0 Å². The average Bonchev–Trinajstić information content (AvgIpc) is 3.29. The second-order valence-corrected chi connectivity index (χ2v) is 20.0. The van der Waals surface area contributed by atoms with Crippen molar-refractivity contribution in [2.24, 2.45) is 0 Å². The van der Waals surface area contributed by atoms with Gasteiger partial charge in [0, 0.05) is 12.8 Å².